The van der Waals surface area contributed by atoms with Crippen LogP contribution in [-0.4, -0.2) is 35.1 Å². The van der Waals surface area contributed by atoms with Gasteiger partial charge >= 0.3 is 0 Å². The lowest BCUT2D eigenvalue weighted by Gasteiger charge is -2.15. The Balaban J connectivity index is 1.69. The lowest BCUT2D eigenvalue weighted by molar-refractivity contribution is 0.102. The fraction of sp³-hybridized carbons (Fsp3) is 0.100. The number of aromatic nitrogens is 3. The van der Waals surface area contributed by atoms with Gasteiger partial charge in [0.05, 0.1) is 35.7 Å². The van der Waals surface area contributed by atoms with Crippen molar-refractivity contribution in [2.24, 2.45) is 0 Å². The first-order chi connectivity index (χ1) is 15.0. The van der Waals surface area contributed by atoms with E-state index in [9.17, 15) is 4.79 Å². The Morgan fingerprint density at radius 1 is 1.06 bits per heavy atom. The van der Waals surface area contributed by atoms with Crippen molar-refractivity contribution in [3.63, 3.8) is 0 Å². The fourth-order valence-electron chi connectivity index (χ4n) is 2.85. The second kappa shape index (κ2) is 8.93. The van der Waals surface area contributed by atoms with Crippen LogP contribution in [0.25, 0.3) is 10.2 Å². The number of nitrogens with one attached hydrogen (secondary N) is 2. The lowest BCUT2D eigenvalue weighted by atomic mass is 10.2. The maximum atomic E-state index is 13.1. The number of pyridine rings is 1. The molecule has 1 aromatic carbocycles. The van der Waals surface area contributed by atoms with E-state index in [1.54, 1.807) is 23.8 Å². The van der Waals surface area contributed by atoms with Crippen molar-refractivity contribution >= 4 is 67.9 Å². The molecule has 0 aliphatic carbocycles. The standard InChI is InChI=1S/C20H15Cl2N5O3S/c1-29-12-7-13(30-2)15(22)17(14(12)21)27-20(28)11-8-31-18-16(11)24-9-25-19(18)26-10-3-5-23-6-4-10/h3-9H,1-2H3,(H,27,28)(H,23,24,25,26). The summed E-state index contributed by atoms with van der Waals surface area (Å²) in [5, 5.41) is 7.98. The average Bonchev–Trinajstić information content (AvgIpc) is 3.23. The molecule has 31 heavy (non-hydrogen) atoms. The van der Waals surface area contributed by atoms with Crippen LogP contribution in [0.3, 0.4) is 0 Å². The summed E-state index contributed by atoms with van der Waals surface area (Å²) in [6.07, 6.45) is 4.73. The maximum absolute atomic E-state index is 13.1. The summed E-state index contributed by atoms with van der Waals surface area (Å²) in [7, 11) is 2.92. The third-order valence-corrected chi connectivity index (χ3v) is 6.08. The van der Waals surface area contributed by atoms with E-state index in [-0.39, 0.29) is 15.7 Å². The molecular weight excluding hydrogens is 461 g/mol. The Hall–Kier alpha value is -3.14. The van der Waals surface area contributed by atoms with E-state index in [4.69, 9.17) is 32.7 Å². The number of fused-ring (bicyclic) bond motifs is 1. The van der Waals surface area contributed by atoms with Crippen LogP contribution in [0, 0.1) is 0 Å². The molecule has 0 saturated carbocycles. The van der Waals surface area contributed by atoms with Gasteiger partial charge in [0.2, 0.25) is 0 Å². The van der Waals surface area contributed by atoms with Crippen molar-refractivity contribution < 1.29 is 14.3 Å². The molecule has 11 heteroatoms. The first kappa shape index (κ1) is 21.1. The molecule has 4 rings (SSSR count). The van der Waals surface area contributed by atoms with Crippen molar-refractivity contribution in [1.29, 1.82) is 0 Å². The van der Waals surface area contributed by atoms with Crippen LogP contribution in [0.2, 0.25) is 10.0 Å². The van der Waals surface area contributed by atoms with Gasteiger partial charge in [0.15, 0.2) is 5.82 Å². The van der Waals surface area contributed by atoms with Gasteiger partial charge in [0.1, 0.15) is 27.9 Å². The smallest absolute Gasteiger partial charge is 0.258 e. The third kappa shape index (κ3) is 4.07. The molecule has 158 valence electrons. The second-order valence-corrected chi connectivity index (χ2v) is 7.78. The van der Waals surface area contributed by atoms with Crippen LogP contribution in [-0.2, 0) is 0 Å². The SMILES string of the molecule is COc1cc(OC)c(Cl)c(NC(=O)c2csc3c(Nc4ccncc4)ncnc23)c1Cl. The quantitative estimate of drug-likeness (QED) is 0.384. The first-order valence-corrected chi connectivity index (χ1v) is 10.5. The van der Waals surface area contributed by atoms with Crippen LogP contribution in [0.15, 0.2) is 42.3 Å². The zero-order chi connectivity index (χ0) is 22.0. The number of rotatable bonds is 6. The van der Waals surface area contributed by atoms with Gasteiger partial charge in [-0.25, -0.2) is 9.97 Å². The zero-order valence-corrected chi connectivity index (χ0v) is 18.6. The molecule has 0 spiro atoms. The number of ether oxygens (including phenoxy) is 2. The highest BCUT2D eigenvalue weighted by Crippen LogP contribution is 2.44. The topological polar surface area (TPSA) is 98.3 Å². The Labute approximate surface area is 191 Å². The molecule has 0 unspecified atom stereocenters. The number of methoxy groups -OCH3 is 2. The Morgan fingerprint density at radius 3 is 2.39 bits per heavy atom. The molecule has 4 aromatic rings. The summed E-state index contributed by atoms with van der Waals surface area (Å²) < 4.78 is 11.2. The molecule has 1 amide bonds. The molecule has 3 heterocycles. The summed E-state index contributed by atoms with van der Waals surface area (Å²) in [6, 6.07) is 5.18. The number of anilines is 3. The minimum absolute atomic E-state index is 0.163. The highest BCUT2D eigenvalue weighted by Gasteiger charge is 2.22. The second-order valence-electron chi connectivity index (χ2n) is 6.15. The summed E-state index contributed by atoms with van der Waals surface area (Å²) in [4.78, 5) is 25.6. The predicted molar refractivity (Wildman–Crippen MR) is 122 cm³/mol. The Kier molecular flexibility index (Phi) is 6.08. The molecule has 2 N–H and O–H groups in total. The third-order valence-electron chi connectivity index (χ3n) is 4.35. The summed E-state index contributed by atoms with van der Waals surface area (Å²) in [5.74, 6) is 0.789. The molecule has 0 atom stereocenters. The normalized spacial score (nSPS) is 10.7. The van der Waals surface area contributed by atoms with E-state index in [1.807, 2.05) is 12.1 Å². The molecule has 0 fully saturated rings. The predicted octanol–water partition coefficient (Wildman–Crippen LogP) is 5.41. The van der Waals surface area contributed by atoms with E-state index < -0.39 is 5.91 Å². The van der Waals surface area contributed by atoms with Gasteiger partial charge in [-0.2, -0.15) is 0 Å². The molecule has 0 radical (unpaired) electrons. The van der Waals surface area contributed by atoms with Crippen LogP contribution in [0.5, 0.6) is 11.5 Å². The van der Waals surface area contributed by atoms with Crippen molar-refractivity contribution in [1.82, 2.24) is 15.0 Å². The Morgan fingerprint density at radius 2 is 1.74 bits per heavy atom. The van der Waals surface area contributed by atoms with Crippen molar-refractivity contribution in [2.75, 3.05) is 24.9 Å². The zero-order valence-electron chi connectivity index (χ0n) is 16.3. The number of amides is 1. The van der Waals surface area contributed by atoms with Crippen molar-refractivity contribution in [2.45, 2.75) is 0 Å². The van der Waals surface area contributed by atoms with Crippen LogP contribution >= 0.6 is 34.5 Å². The number of hydrogen-bond donors (Lipinski definition) is 2. The Bertz CT molecular complexity index is 1240. The fourth-order valence-corrected chi connectivity index (χ4v) is 4.39. The average molecular weight is 476 g/mol. The number of halogens is 2. The number of thiophene rings is 1. The van der Waals surface area contributed by atoms with E-state index in [1.165, 1.54) is 31.9 Å². The van der Waals surface area contributed by atoms with Gasteiger partial charge in [-0.1, -0.05) is 23.2 Å². The van der Waals surface area contributed by atoms with Gasteiger partial charge in [0.25, 0.3) is 5.91 Å². The van der Waals surface area contributed by atoms with Crippen molar-refractivity contribution in [3.8, 4) is 11.5 Å². The number of carbonyl (C=O) groups excluding carboxylic acids is 1. The largest absolute Gasteiger partial charge is 0.495 e. The summed E-state index contributed by atoms with van der Waals surface area (Å²) in [6.45, 7) is 0. The first-order valence-electron chi connectivity index (χ1n) is 8.84. The molecule has 0 aliphatic rings. The molecule has 8 nitrogen and oxygen atoms in total. The molecule has 0 bridgehead atoms. The number of carbonyl (C=O) groups is 1. The lowest BCUT2D eigenvalue weighted by Crippen LogP contribution is -2.13. The summed E-state index contributed by atoms with van der Waals surface area (Å²) in [5.41, 5.74) is 1.86. The molecule has 3 aromatic heterocycles. The molecular formula is C20H15Cl2N5O3S. The van der Waals surface area contributed by atoms with E-state index in [2.05, 4.69) is 25.6 Å². The van der Waals surface area contributed by atoms with Gasteiger partial charge in [-0.3, -0.25) is 9.78 Å². The number of hydrogen-bond acceptors (Lipinski definition) is 8. The van der Waals surface area contributed by atoms with Crippen molar-refractivity contribution in [3.05, 3.63) is 57.9 Å². The molecule has 0 aliphatic heterocycles. The van der Waals surface area contributed by atoms with Gasteiger partial charge in [-0.05, 0) is 12.1 Å². The van der Waals surface area contributed by atoms with Crippen LogP contribution < -0.4 is 20.1 Å². The minimum atomic E-state index is -0.432. The van der Waals surface area contributed by atoms with Gasteiger partial charge < -0.3 is 20.1 Å². The minimum Gasteiger partial charge on any atom is -0.495 e. The van der Waals surface area contributed by atoms with E-state index in [0.29, 0.717) is 28.4 Å². The summed E-state index contributed by atoms with van der Waals surface area (Å²) >= 11 is 14.1. The van der Waals surface area contributed by atoms with E-state index in [0.717, 1.165) is 10.4 Å². The van der Waals surface area contributed by atoms with Gasteiger partial charge in [-0.15, -0.1) is 11.3 Å². The van der Waals surface area contributed by atoms with Crippen LogP contribution in [0.1, 0.15) is 10.4 Å². The molecule has 0 saturated heterocycles. The number of benzene rings is 1. The maximum Gasteiger partial charge on any atom is 0.258 e. The van der Waals surface area contributed by atoms with E-state index >= 15 is 0 Å². The van der Waals surface area contributed by atoms with Crippen LogP contribution in [0.4, 0.5) is 17.2 Å². The highest BCUT2D eigenvalue weighted by atomic mass is 35.5. The van der Waals surface area contributed by atoms with Gasteiger partial charge in [0, 0.05) is 29.5 Å². The number of nitrogens with zero attached hydrogens (tertiary/aromatic N) is 3. The monoisotopic (exact) mass is 475 g/mol. The highest BCUT2D eigenvalue weighted by molar-refractivity contribution is 7.18.